The largest absolute Gasteiger partial charge is 0.382 e. The van der Waals surface area contributed by atoms with Gasteiger partial charge in [0.2, 0.25) is 0 Å². The van der Waals surface area contributed by atoms with Gasteiger partial charge >= 0.3 is 0 Å². The molecular formula is C27H32N6OS. The summed E-state index contributed by atoms with van der Waals surface area (Å²) in [7, 11) is 5.39. The number of nitrogen functional groups attached to an aromatic ring is 1. The molecule has 35 heavy (non-hydrogen) atoms. The summed E-state index contributed by atoms with van der Waals surface area (Å²) in [5.41, 5.74) is 12.0. The van der Waals surface area contributed by atoms with Crippen LogP contribution >= 0.6 is 11.9 Å². The van der Waals surface area contributed by atoms with Crippen LogP contribution in [0.5, 0.6) is 0 Å². The molecule has 182 valence electrons. The van der Waals surface area contributed by atoms with Gasteiger partial charge in [-0.3, -0.25) is 4.79 Å². The summed E-state index contributed by atoms with van der Waals surface area (Å²) in [6.07, 6.45) is 2.38. The Bertz CT molecular complexity index is 1320. The lowest BCUT2D eigenvalue weighted by Gasteiger charge is -2.11. The van der Waals surface area contributed by atoms with Crippen LogP contribution < -0.4 is 10.5 Å². The number of nitrogens with zero attached hydrogens (tertiary/aromatic N) is 4. The van der Waals surface area contributed by atoms with Crippen LogP contribution in [0.2, 0.25) is 0 Å². The topological polar surface area (TPSA) is 89.1 Å². The minimum Gasteiger partial charge on any atom is -0.382 e. The maximum atomic E-state index is 12.0. The Hall–Kier alpha value is -3.52. The van der Waals surface area contributed by atoms with Gasteiger partial charge in [-0.15, -0.1) is 0 Å². The van der Waals surface area contributed by atoms with Gasteiger partial charge in [0.15, 0.2) is 11.5 Å². The lowest BCUT2D eigenvalue weighted by Crippen LogP contribution is -2.21. The van der Waals surface area contributed by atoms with E-state index in [0.29, 0.717) is 17.3 Å². The van der Waals surface area contributed by atoms with Gasteiger partial charge < -0.3 is 15.4 Å². The molecule has 4 aromatic rings. The average molecular weight is 489 g/mol. The Balaban J connectivity index is 0.00000141. The zero-order valence-electron chi connectivity index (χ0n) is 20.9. The number of aromatic nitrogens is 3. The van der Waals surface area contributed by atoms with E-state index in [0.717, 1.165) is 38.4 Å². The first-order valence-corrected chi connectivity index (χ1v) is 12.7. The van der Waals surface area contributed by atoms with E-state index in [9.17, 15) is 4.79 Å². The highest BCUT2D eigenvalue weighted by Gasteiger charge is 2.27. The van der Waals surface area contributed by atoms with Crippen LogP contribution in [0.4, 0.5) is 11.5 Å². The lowest BCUT2D eigenvalue weighted by atomic mass is 10.0. The van der Waals surface area contributed by atoms with E-state index in [1.165, 1.54) is 24.8 Å². The maximum absolute atomic E-state index is 12.0. The number of carbonyl (C=O) groups excluding carboxylic acids is 1. The fourth-order valence-electron chi connectivity index (χ4n) is 3.87. The van der Waals surface area contributed by atoms with Crippen LogP contribution in [-0.4, -0.2) is 39.7 Å². The summed E-state index contributed by atoms with van der Waals surface area (Å²) in [5, 5.41) is 5.30. The molecule has 0 unspecified atom stereocenters. The molecule has 7 nitrogen and oxygen atoms in total. The van der Waals surface area contributed by atoms with Crippen molar-refractivity contribution in [1.82, 2.24) is 19.7 Å². The molecule has 0 saturated heterocycles. The molecule has 1 aliphatic carbocycles. The number of pyridine rings is 1. The van der Waals surface area contributed by atoms with Gasteiger partial charge in [-0.25, -0.2) is 9.67 Å². The molecule has 0 spiro atoms. The zero-order chi connectivity index (χ0) is 25.1. The number of nitrogens with two attached hydrogens (primary N) is 1. The van der Waals surface area contributed by atoms with Crippen LogP contribution in [0, 0.1) is 0 Å². The Labute approximate surface area is 210 Å². The molecule has 0 aliphatic heterocycles. The second-order valence-corrected chi connectivity index (χ2v) is 9.46. The summed E-state index contributed by atoms with van der Waals surface area (Å²) in [6, 6.07) is 18.1. The lowest BCUT2D eigenvalue weighted by molar-refractivity contribution is 0.0827. The quantitative estimate of drug-likeness (QED) is 0.326. The number of amides is 1. The Morgan fingerprint density at radius 2 is 1.74 bits per heavy atom. The van der Waals surface area contributed by atoms with Crippen LogP contribution in [0.3, 0.4) is 0 Å². The van der Waals surface area contributed by atoms with Gasteiger partial charge in [0.25, 0.3) is 5.91 Å². The van der Waals surface area contributed by atoms with Gasteiger partial charge in [-0.2, -0.15) is 5.10 Å². The smallest absolute Gasteiger partial charge is 0.253 e. The molecule has 1 aliphatic rings. The van der Waals surface area contributed by atoms with Crippen molar-refractivity contribution < 1.29 is 4.79 Å². The van der Waals surface area contributed by atoms with E-state index in [4.69, 9.17) is 10.7 Å². The number of rotatable bonds is 6. The fraction of sp³-hybridized carbons (Fsp3) is 0.296. The molecule has 1 saturated carbocycles. The molecule has 0 radical (unpaired) electrons. The van der Waals surface area contributed by atoms with Crippen LogP contribution in [-0.2, 0) is 7.05 Å². The summed E-state index contributed by atoms with van der Waals surface area (Å²) >= 11 is 1.51. The van der Waals surface area contributed by atoms with E-state index < -0.39 is 0 Å². The fourth-order valence-corrected chi connectivity index (χ4v) is 4.52. The minimum absolute atomic E-state index is 0.000543. The van der Waals surface area contributed by atoms with Crippen molar-refractivity contribution in [2.24, 2.45) is 7.05 Å². The predicted octanol–water partition coefficient (Wildman–Crippen LogP) is 5.94. The van der Waals surface area contributed by atoms with Gasteiger partial charge in [0, 0.05) is 48.9 Å². The van der Waals surface area contributed by atoms with Crippen molar-refractivity contribution in [3.8, 4) is 11.1 Å². The number of benzene rings is 2. The summed E-state index contributed by atoms with van der Waals surface area (Å²) in [6.45, 7) is 4.00. The van der Waals surface area contributed by atoms with Crippen LogP contribution in [0.15, 0.2) is 59.5 Å². The van der Waals surface area contributed by atoms with Crippen molar-refractivity contribution in [2.45, 2.75) is 37.5 Å². The number of nitrogens with one attached hydrogen (secondary N) is 1. The molecule has 2 heterocycles. The van der Waals surface area contributed by atoms with E-state index >= 15 is 0 Å². The van der Waals surface area contributed by atoms with Crippen LogP contribution in [0.25, 0.3) is 22.2 Å². The number of fused-ring (bicyclic) bond motifs is 1. The second-order valence-electron chi connectivity index (χ2n) is 8.58. The molecule has 0 bridgehead atoms. The van der Waals surface area contributed by atoms with Crippen molar-refractivity contribution in [3.63, 3.8) is 0 Å². The molecular weight excluding hydrogens is 456 g/mol. The van der Waals surface area contributed by atoms with Crippen molar-refractivity contribution >= 4 is 40.4 Å². The standard InChI is InChI=1S/C25H26N6OS.C2H6/c1-30(2)25(32)17-8-12-19(13-9-17)33-29-18-10-6-15(7-11-18)20-14-21(16-4-5-16)27-24-22(20)23(26)28-31(24)3;1-2/h6-14,16,29H,4-5H2,1-3H3,(H2,26,28);1-2H3. The SMILES string of the molecule is CC.CN(C)C(=O)c1ccc(SNc2ccc(-c3cc(C4CC4)nc4c3c(N)nn4C)cc2)cc1. The molecule has 3 N–H and O–H groups in total. The summed E-state index contributed by atoms with van der Waals surface area (Å²) in [5.74, 6) is 1.05. The molecule has 0 atom stereocenters. The van der Waals surface area contributed by atoms with Gasteiger partial charge in [-0.05, 0) is 78.4 Å². The molecule has 1 amide bonds. The first-order chi connectivity index (χ1) is 16.9. The van der Waals surface area contributed by atoms with E-state index in [-0.39, 0.29) is 5.91 Å². The number of anilines is 2. The highest BCUT2D eigenvalue weighted by atomic mass is 32.2. The number of carbonyl (C=O) groups is 1. The monoisotopic (exact) mass is 488 g/mol. The van der Waals surface area contributed by atoms with Crippen molar-refractivity contribution in [1.29, 1.82) is 0 Å². The molecule has 8 heteroatoms. The van der Waals surface area contributed by atoms with Crippen molar-refractivity contribution in [2.75, 3.05) is 24.6 Å². The molecule has 2 aromatic heterocycles. The summed E-state index contributed by atoms with van der Waals surface area (Å²) < 4.78 is 5.14. The predicted molar refractivity (Wildman–Crippen MR) is 146 cm³/mol. The third-order valence-electron chi connectivity index (χ3n) is 5.83. The Kier molecular flexibility index (Phi) is 7.31. The maximum Gasteiger partial charge on any atom is 0.253 e. The summed E-state index contributed by atoms with van der Waals surface area (Å²) in [4.78, 5) is 19.5. The highest BCUT2D eigenvalue weighted by Crippen LogP contribution is 2.42. The van der Waals surface area contributed by atoms with E-state index in [1.54, 1.807) is 23.7 Å². The van der Waals surface area contributed by atoms with Crippen molar-refractivity contribution in [3.05, 3.63) is 65.9 Å². The third-order valence-corrected chi connectivity index (χ3v) is 6.67. The number of hydrogen-bond donors (Lipinski definition) is 2. The first-order valence-electron chi connectivity index (χ1n) is 11.9. The van der Waals surface area contributed by atoms with Gasteiger partial charge in [0.1, 0.15) is 0 Å². The molecule has 2 aromatic carbocycles. The molecule has 1 fully saturated rings. The number of aryl methyl sites for hydroxylation is 1. The first kappa shape index (κ1) is 24.6. The van der Waals surface area contributed by atoms with Crippen LogP contribution in [0.1, 0.15) is 48.7 Å². The normalized spacial score (nSPS) is 12.7. The van der Waals surface area contributed by atoms with E-state index in [1.807, 2.05) is 45.2 Å². The average Bonchev–Trinajstić information content (AvgIpc) is 3.69. The highest BCUT2D eigenvalue weighted by molar-refractivity contribution is 8.00. The Morgan fingerprint density at radius 3 is 2.34 bits per heavy atom. The second kappa shape index (κ2) is 10.4. The Morgan fingerprint density at radius 1 is 1.09 bits per heavy atom. The molecule has 5 rings (SSSR count). The number of hydrogen-bond acceptors (Lipinski definition) is 6. The van der Waals surface area contributed by atoms with Gasteiger partial charge in [0.05, 0.1) is 5.39 Å². The zero-order valence-corrected chi connectivity index (χ0v) is 21.7. The van der Waals surface area contributed by atoms with Gasteiger partial charge in [-0.1, -0.05) is 26.0 Å². The van der Waals surface area contributed by atoms with E-state index in [2.05, 4.69) is 40.2 Å². The minimum atomic E-state index is -0.000543. The third kappa shape index (κ3) is 5.27.